The van der Waals surface area contributed by atoms with Gasteiger partial charge in [-0.1, -0.05) is 0 Å². The van der Waals surface area contributed by atoms with Gasteiger partial charge in [-0.2, -0.15) is 0 Å². The molecule has 0 amide bonds. The number of hydrogen-bond donors (Lipinski definition) is 2. The SMILES string of the molecule is CC(N)C1CCN(C2CS(=O)(=O)CC2O)C1. The molecule has 2 heterocycles. The summed E-state index contributed by atoms with van der Waals surface area (Å²) in [5, 5.41) is 9.76. The van der Waals surface area contributed by atoms with Crippen LogP contribution in [0.4, 0.5) is 0 Å². The fourth-order valence-electron chi connectivity index (χ4n) is 2.71. The number of rotatable bonds is 2. The van der Waals surface area contributed by atoms with Gasteiger partial charge in [-0.25, -0.2) is 8.42 Å². The quantitative estimate of drug-likeness (QED) is 0.642. The van der Waals surface area contributed by atoms with E-state index in [9.17, 15) is 13.5 Å². The highest BCUT2D eigenvalue weighted by Crippen LogP contribution is 2.26. The molecule has 2 rings (SSSR count). The Bertz CT molecular complexity index is 355. The van der Waals surface area contributed by atoms with Crippen molar-refractivity contribution in [1.82, 2.24) is 4.90 Å². The summed E-state index contributed by atoms with van der Waals surface area (Å²) < 4.78 is 22.8. The van der Waals surface area contributed by atoms with Gasteiger partial charge >= 0.3 is 0 Å². The molecule has 2 aliphatic heterocycles. The summed E-state index contributed by atoms with van der Waals surface area (Å²) in [7, 11) is -3.04. The maximum Gasteiger partial charge on any atom is 0.154 e. The van der Waals surface area contributed by atoms with Gasteiger partial charge in [0.05, 0.1) is 23.7 Å². The van der Waals surface area contributed by atoms with Crippen LogP contribution in [0.3, 0.4) is 0 Å². The summed E-state index contributed by atoms with van der Waals surface area (Å²) in [6, 6.07) is -0.0751. The molecule has 0 aromatic carbocycles. The Balaban J connectivity index is 2.00. The second-order valence-electron chi connectivity index (χ2n) is 5.11. The molecule has 16 heavy (non-hydrogen) atoms. The van der Waals surface area contributed by atoms with Crippen LogP contribution < -0.4 is 5.73 Å². The molecule has 4 unspecified atom stereocenters. The standard InChI is InChI=1S/C10H20N2O3S/c1-7(11)8-2-3-12(4-8)9-5-16(14,15)6-10(9)13/h7-10,13H,2-6,11H2,1H3. The Hall–Kier alpha value is -0.170. The molecule has 0 spiro atoms. The van der Waals surface area contributed by atoms with Gasteiger partial charge in [0, 0.05) is 12.6 Å². The lowest BCUT2D eigenvalue weighted by molar-refractivity contribution is 0.0957. The van der Waals surface area contributed by atoms with E-state index in [2.05, 4.69) is 4.90 Å². The zero-order valence-electron chi connectivity index (χ0n) is 9.54. The van der Waals surface area contributed by atoms with E-state index >= 15 is 0 Å². The molecule has 0 aromatic heterocycles. The number of aliphatic hydroxyl groups is 1. The van der Waals surface area contributed by atoms with Crippen LogP contribution in [-0.4, -0.2) is 61.2 Å². The predicted octanol–water partition coefficient (Wildman–Crippen LogP) is -1.19. The summed E-state index contributed by atoms with van der Waals surface area (Å²) in [6.45, 7) is 3.65. The van der Waals surface area contributed by atoms with Crippen LogP contribution in [0.25, 0.3) is 0 Å². The van der Waals surface area contributed by atoms with Crippen molar-refractivity contribution in [1.29, 1.82) is 0 Å². The van der Waals surface area contributed by atoms with Gasteiger partial charge in [-0.15, -0.1) is 0 Å². The number of hydrogen-bond acceptors (Lipinski definition) is 5. The molecule has 94 valence electrons. The van der Waals surface area contributed by atoms with Crippen LogP contribution in [0.15, 0.2) is 0 Å². The van der Waals surface area contributed by atoms with Crippen molar-refractivity contribution in [3.63, 3.8) is 0 Å². The molecule has 2 saturated heterocycles. The number of sulfone groups is 1. The molecule has 0 aromatic rings. The minimum absolute atomic E-state index is 0.0863. The molecular formula is C10H20N2O3S. The van der Waals surface area contributed by atoms with Crippen molar-refractivity contribution in [3.8, 4) is 0 Å². The molecule has 0 saturated carbocycles. The lowest BCUT2D eigenvalue weighted by Gasteiger charge is -2.25. The lowest BCUT2D eigenvalue weighted by Crippen LogP contribution is -2.42. The van der Waals surface area contributed by atoms with E-state index in [1.807, 2.05) is 6.92 Å². The highest BCUT2D eigenvalue weighted by Gasteiger charge is 2.42. The second kappa shape index (κ2) is 4.25. The molecule has 3 N–H and O–H groups in total. The predicted molar refractivity (Wildman–Crippen MR) is 61.8 cm³/mol. The van der Waals surface area contributed by atoms with Gasteiger partial charge in [0.2, 0.25) is 0 Å². The van der Waals surface area contributed by atoms with Crippen molar-refractivity contribution in [2.75, 3.05) is 24.6 Å². The van der Waals surface area contributed by atoms with Crippen LogP contribution in [0.2, 0.25) is 0 Å². The van der Waals surface area contributed by atoms with Gasteiger partial charge in [0.25, 0.3) is 0 Å². The van der Waals surface area contributed by atoms with Gasteiger partial charge in [0.15, 0.2) is 9.84 Å². The topological polar surface area (TPSA) is 83.6 Å². The van der Waals surface area contributed by atoms with E-state index in [1.165, 1.54) is 0 Å². The first-order chi connectivity index (χ1) is 7.39. The van der Waals surface area contributed by atoms with Crippen molar-refractivity contribution in [3.05, 3.63) is 0 Å². The molecule has 0 bridgehead atoms. The van der Waals surface area contributed by atoms with E-state index < -0.39 is 15.9 Å². The summed E-state index contributed by atoms with van der Waals surface area (Å²) >= 11 is 0. The average molecular weight is 248 g/mol. The first kappa shape index (κ1) is 12.3. The van der Waals surface area contributed by atoms with Crippen molar-refractivity contribution >= 4 is 9.84 Å². The molecule has 2 fully saturated rings. The Morgan fingerprint density at radius 1 is 1.44 bits per heavy atom. The van der Waals surface area contributed by atoms with E-state index in [-0.39, 0.29) is 23.6 Å². The van der Waals surface area contributed by atoms with E-state index in [0.717, 1.165) is 19.5 Å². The molecule has 0 radical (unpaired) electrons. The van der Waals surface area contributed by atoms with Crippen LogP contribution in [0.5, 0.6) is 0 Å². The van der Waals surface area contributed by atoms with E-state index in [1.54, 1.807) is 0 Å². The number of aliphatic hydroxyl groups excluding tert-OH is 1. The third kappa shape index (κ3) is 2.40. The maximum atomic E-state index is 11.4. The summed E-state index contributed by atoms with van der Waals surface area (Å²) in [6.07, 6.45) is 0.276. The summed E-state index contributed by atoms with van der Waals surface area (Å²) in [4.78, 5) is 2.09. The van der Waals surface area contributed by atoms with Crippen molar-refractivity contribution in [2.45, 2.75) is 31.5 Å². The maximum absolute atomic E-state index is 11.4. The Morgan fingerprint density at radius 3 is 2.56 bits per heavy atom. The van der Waals surface area contributed by atoms with Gasteiger partial charge in [-0.3, -0.25) is 4.90 Å². The molecule has 5 nitrogen and oxygen atoms in total. The average Bonchev–Trinajstić information content (AvgIpc) is 2.69. The van der Waals surface area contributed by atoms with E-state index in [4.69, 9.17) is 5.73 Å². The van der Waals surface area contributed by atoms with Crippen molar-refractivity contribution in [2.24, 2.45) is 11.7 Å². The van der Waals surface area contributed by atoms with Crippen LogP contribution in [-0.2, 0) is 9.84 Å². The third-order valence-corrected chi connectivity index (χ3v) is 5.46. The Labute approximate surface area is 96.5 Å². The van der Waals surface area contributed by atoms with Crippen molar-refractivity contribution < 1.29 is 13.5 Å². The molecule has 2 aliphatic rings. The first-order valence-corrected chi connectivity index (χ1v) is 7.59. The number of nitrogens with zero attached hydrogens (tertiary/aromatic N) is 1. The molecule has 0 aliphatic carbocycles. The Morgan fingerprint density at radius 2 is 2.12 bits per heavy atom. The summed E-state index contributed by atoms with van der Waals surface area (Å²) in [5.74, 6) is 0.437. The molecule has 6 heteroatoms. The largest absolute Gasteiger partial charge is 0.390 e. The van der Waals surface area contributed by atoms with Crippen LogP contribution in [0.1, 0.15) is 13.3 Å². The fourth-order valence-corrected chi connectivity index (χ4v) is 4.54. The monoisotopic (exact) mass is 248 g/mol. The zero-order valence-corrected chi connectivity index (χ0v) is 10.4. The minimum atomic E-state index is -3.04. The minimum Gasteiger partial charge on any atom is -0.390 e. The van der Waals surface area contributed by atoms with Gasteiger partial charge in [-0.05, 0) is 25.8 Å². The van der Waals surface area contributed by atoms with E-state index in [0.29, 0.717) is 5.92 Å². The highest BCUT2D eigenvalue weighted by atomic mass is 32.2. The highest BCUT2D eigenvalue weighted by molar-refractivity contribution is 7.91. The Kier molecular flexibility index (Phi) is 3.27. The first-order valence-electron chi connectivity index (χ1n) is 5.77. The van der Waals surface area contributed by atoms with Gasteiger partial charge < -0.3 is 10.8 Å². The molecular weight excluding hydrogens is 228 g/mol. The molecule has 4 atom stereocenters. The number of nitrogens with two attached hydrogens (primary N) is 1. The second-order valence-corrected chi connectivity index (χ2v) is 7.27. The van der Waals surface area contributed by atoms with Gasteiger partial charge in [0.1, 0.15) is 0 Å². The van der Waals surface area contributed by atoms with Crippen LogP contribution in [0, 0.1) is 5.92 Å². The fraction of sp³-hybridized carbons (Fsp3) is 1.00. The smallest absolute Gasteiger partial charge is 0.154 e. The number of likely N-dealkylation sites (tertiary alicyclic amines) is 1. The zero-order chi connectivity index (χ0) is 11.9. The third-order valence-electron chi connectivity index (χ3n) is 3.76. The van der Waals surface area contributed by atoms with Crippen LogP contribution >= 0.6 is 0 Å². The summed E-state index contributed by atoms with van der Waals surface area (Å²) in [5.41, 5.74) is 5.84. The normalized spacial score (nSPS) is 41.3. The lowest BCUT2D eigenvalue weighted by atomic mass is 10.0.